The second-order valence-corrected chi connectivity index (χ2v) is 7.97. The topological polar surface area (TPSA) is 106 Å². The van der Waals surface area contributed by atoms with Gasteiger partial charge in [0.2, 0.25) is 0 Å². The van der Waals surface area contributed by atoms with Gasteiger partial charge in [-0.3, -0.25) is 4.57 Å². The Kier molecular flexibility index (Phi) is 6.21. The maximum Gasteiger partial charge on any atom is 0.420 e. The lowest BCUT2D eigenvalue weighted by molar-refractivity contribution is -0.179. The van der Waals surface area contributed by atoms with Gasteiger partial charge in [0, 0.05) is 43.2 Å². The Labute approximate surface area is 187 Å². The van der Waals surface area contributed by atoms with Gasteiger partial charge in [0.25, 0.3) is 0 Å². The third kappa shape index (κ3) is 5.24. The quantitative estimate of drug-likeness (QED) is 0.516. The maximum atomic E-state index is 12.9. The molecule has 11 heteroatoms. The van der Waals surface area contributed by atoms with Crippen LogP contribution in [0.1, 0.15) is 12.8 Å². The number of carbonyl (C=O) groups excluding carboxylic acids is 1. The predicted molar refractivity (Wildman–Crippen MR) is 119 cm³/mol. The minimum atomic E-state index is -4.13. The number of nitrogens with one attached hydrogen (secondary N) is 2. The smallest absolute Gasteiger partial charge is 0.408 e. The van der Waals surface area contributed by atoms with Crippen LogP contribution in [0.2, 0.25) is 0 Å². The van der Waals surface area contributed by atoms with Crippen molar-refractivity contribution < 1.29 is 22.4 Å². The highest BCUT2D eigenvalue weighted by Gasteiger charge is 2.41. The fraction of sp³-hybridized carbons (Fsp3) is 0.364. The summed E-state index contributed by atoms with van der Waals surface area (Å²) in [6.07, 6.45) is -3.92. The third-order valence-corrected chi connectivity index (χ3v) is 5.78. The summed E-state index contributed by atoms with van der Waals surface area (Å²) >= 11 is 0. The number of oxazole rings is 1. The normalized spacial score (nSPS) is 15.1. The molecule has 0 radical (unpaired) electrons. The van der Waals surface area contributed by atoms with Crippen molar-refractivity contribution in [2.75, 3.05) is 29.9 Å². The first-order chi connectivity index (χ1) is 15.7. The van der Waals surface area contributed by atoms with E-state index in [0.29, 0.717) is 24.2 Å². The van der Waals surface area contributed by atoms with E-state index in [4.69, 9.17) is 10.2 Å². The van der Waals surface area contributed by atoms with Crippen molar-refractivity contribution in [1.29, 1.82) is 0 Å². The first-order valence-electron chi connectivity index (χ1n) is 10.6. The van der Waals surface area contributed by atoms with Crippen LogP contribution < -0.4 is 27.0 Å². The standard InChI is InChI=1S/C22H24F3N5O3/c23-22(24,25)14-7-10-29(11-8-14)17-4-1-15(2-5-17)28-16-3-6-19-18(13-16)30(21(32)33-19)12-9-27-20(26)31/h1-6,13-14,28H,7-12H2,(H3,26,27,31). The summed E-state index contributed by atoms with van der Waals surface area (Å²) in [5, 5.41) is 5.68. The number of benzene rings is 2. The molecule has 1 saturated heterocycles. The second-order valence-electron chi connectivity index (χ2n) is 7.97. The van der Waals surface area contributed by atoms with E-state index < -0.39 is 23.9 Å². The number of urea groups is 1. The Morgan fingerprint density at radius 3 is 2.39 bits per heavy atom. The first-order valence-corrected chi connectivity index (χ1v) is 10.6. The number of rotatable bonds is 6. The second kappa shape index (κ2) is 9.08. The Balaban J connectivity index is 1.43. The average Bonchev–Trinajstić information content (AvgIpc) is 3.08. The molecule has 2 heterocycles. The molecular formula is C22H24F3N5O3. The van der Waals surface area contributed by atoms with Crippen LogP contribution in [0.25, 0.3) is 11.1 Å². The fourth-order valence-corrected chi connectivity index (χ4v) is 4.03. The molecule has 1 aromatic heterocycles. The van der Waals surface area contributed by atoms with E-state index in [9.17, 15) is 22.8 Å². The zero-order valence-corrected chi connectivity index (χ0v) is 17.7. The molecule has 4 rings (SSSR count). The number of halogens is 3. The van der Waals surface area contributed by atoms with Crippen LogP contribution in [0.3, 0.4) is 0 Å². The SMILES string of the molecule is NC(=O)NCCn1c(=O)oc2ccc(Nc3ccc(N4CCC(C(F)(F)F)CC4)cc3)cc21. The highest BCUT2D eigenvalue weighted by molar-refractivity contribution is 5.79. The number of anilines is 3. The molecule has 0 bridgehead atoms. The van der Waals surface area contributed by atoms with Crippen LogP contribution in [0.15, 0.2) is 51.7 Å². The number of nitrogens with two attached hydrogens (primary N) is 1. The number of alkyl halides is 3. The van der Waals surface area contributed by atoms with Gasteiger partial charge in [-0.25, -0.2) is 9.59 Å². The van der Waals surface area contributed by atoms with Gasteiger partial charge in [0.1, 0.15) is 0 Å². The van der Waals surface area contributed by atoms with Crippen molar-refractivity contribution in [3.05, 3.63) is 53.0 Å². The van der Waals surface area contributed by atoms with E-state index in [-0.39, 0.29) is 25.9 Å². The number of nitrogens with zero attached hydrogens (tertiary/aromatic N) is 2. The van der Waals surface area contributed by atoms with Gasteiger partial charge in [0.05, 0.1) is 11.4 Å². The zero-order valence-electron chi connectivity index (χ0n) is 17.7. The molecule has 2 aromatic carbocycles. The van der Waals surface area contributed by atoms with Gasteiger partial charge in [0.15, 0.2) is 5.58 Å². The van der Waals surface area contributed by atoms with Crippen molar-refractivity contribution in [3.63, 3.8) is 0 Å². The summed E-state index contributed by atoms with van der Waals surface area (Å²) in [7, 11) is 0. The monoisotopic (exact) mass is 463 g/mol. The Morgan fingerprint density at radius 2 is 1.76 bits per heavy atom. The molecule has 0 aliphatic carbocycles. The molecule has 0 atom stereocenters. The van der Waals surface area contributed by atoms with Gasteiger partial charge in [-0.15, -0.1) is 0 Å². The summed E-state index contributed by atoms with van der Waals surface area (Å²) in [5.41, 5.74) is 8.43. The largest absolute Gasteiger partial charge is 0.420 e. The minimum Gasteiger partial charge on any atom is -0.408 e. The molecule has 0 saturated carbocycles. The van der Waals surface area contributed by atoms with Crippen molar-refractivity contribution in [3.8, 4) is 0 Å². The van der Waals surface area contributed by atoms with Crippen LogP contribution in [0.5, 0.6) is 0 Å². The van der Waals surface area contributed by atoms with E-state index >= 15 is 0 Å². The van der Waals surface area contributed by atoms with E-state index in [1.54, 1.807) is 18.2 Å². The van der Waals surface area contributed by atoms with E-state index in [2.05, 4.69) is 10.6 Å². The molecule has 176 valence electrons. The highest BCUT2D eigenvalue weighted by Crippen LogP contribution is 2.35. The van der Waals surface area contributed by atoms with Crippen molar-refractivity contribution in [2.45, 2.75) is 25.6 Å². The molecule has 0 spiro atoms. The number of piperidine rings is 1. The molecule has 33 heavy (non-hydrogen) atoms. The average molecular weight is 463 g/mol. The summed E-state index contributed by atoms with van der Waals surface area (Å²) in [4.78, 5) is 24.9. The van der Waals surface area contributed by atoms with Gasteiger partial charge in [-0.2, -0.15) is 13.2 Å². The summed E-state index contributed by atoms with van der Waals surface area (Å²) in [6, 6.07) is 12.0. The Hall–Kier alpha value is -3.63. The van der Waals surface area contributed by atoms with E-state index in [0.717, 1.165) is 17.1 Å². The zero-order chi connectivity index (χ0) is 23.6. The first kappa shape index (κ1) is 22.6. The Bertz CT molecular complexity index is 1180. The van der Waals surface area contributed by atoms with Crippen LogP contribution >= 0.6 is 0 Å². The molecule has 0 unspecified atom stereocenters. The summed E-state index contributed by atoms with van der Waals surface area (Å²) in [6.45, 7) is 1.13. The molecule has 4 N–H and O–H groups in total. The summed E-state index contributed by atoms with van der Waals surface area (Å²) < 4.78 is 45.3. The van der Waals surface area contributed by atoms with E-state index in [1.807, 2.05) is 29.2 Å². The third-order valence-electron chi connectivity index (χ3n) is 5.78. The number of amides is 2. The molecular weight excluding hydrogens is 439 g/mol. The van der Waals surface area contributed by atoms with Gasteiger partial charge >= 0.3 is 18.0 Å². The molecule has 3 aromatic rings. The molecule has 1 aliphatic heterocycles. The number of aromatic nitrogens is 1. The number of fused-ring (bicyclic) bond motifs is 1. The maximum absolute atomic E-state index is 12.9. The number of carbonyl (C=O) groups is 1. The van der Waals surface area contributed by atoms with Crippen LogP contribution in [0.4, 0.5) is 35.0 Å². The van der Waals surface area contributed by atoms with Gasteiger partial charge in [-0.05, 0) is 55.3 Å². The number of hydrogen-bond acceptors (Lipinski definition) is 5. The van der Waals surface area contributed by atoms with Crippen molar-refractivity contribution in [2.24, 2.45) is 11.7 Å². The van der Waals surface area contributed by atoms with Gasteiger partial charge in [-0.1, -0.05) is 0 Å². The lowest BCUT2D eigenvalue weighted by Gasteiger charge is -2.34. The van der Waals surface area contributed by atoms with E-state index in [1.165, 1.54) is 4.57 Å². The fourth-order valence-electron chi connectivity index (χ4n) is 4.03. The van der Waals surface area contributed by atoms with Crippen molar-refractivity contribution >= 4 is 34.2 Å². The van der Waals surface area contributed by atoms with Crippen LogP contribution in [0, 0.1) is 5.92 Å². The lowest BCUT2D eigenvalue weighted by Crippen LogP contribution is -2.38. The highest BCUT2D eigenvalue weighted by atomic mass is 19.4. The Morgan fingerprint density at radius 1 is 1.09 bits per heavy atom. The van der Waals surface area contributed by atoms with Crippen LogP contribution in [-0.2, 0) is 6.54 Å². The predicted octanol–water partition coefficient (Wildman–Crippen LogP) is 3.79. The summed E-state index contributed by atoms with van der Waals surface area (Å²) in [5.74, 6) is -1.76. The van der Waals surface area contributed by atoms with Gasteiger partial charge < -0.3 is 25.7 Å². The molecule has 1 fully saturated rings. The number of primary amides is 1. The molecule has 8 nitrogen and oxygen atoms in total. The number of hydrogen-bond donors (Lipinski definition) is 3. The minimum absolute atomic E-state index is 0.102. The van der Waals surface area contributed by atoms with Crippen LogP contribution in [-0.4, -0.2) is 36.4 Å². The molecule has 1 aliphatic rings. The van der Waals surface area contributed by atoms with Crippen molar-refractivity contribution in [1.82, 2.24) is 9.88 Å². The lowest BCUT2D eigenvalue weighted by atomic mass is 9.96. The molecule has 2 amide bonds.